The Kier molecular flexibility index (Phi) is 9.69. The summed E-state index contributed by atoms with van der Waals surface area (Å²) in [6.45, 7) is 4.07. The predicted molar refractivity (Wildman–Crippen MR) is 152 cm³/mol. The quantitative estimate of drug-likeness (QED) is 0.229. The van der Waals surface area contributed by atoms with E-state index in [1.165, 1.54) is 6.42 Å². The van der Waals surface area contributed by atoms with Crippen LogP contribution in [0.2, 0.25) is 10.0 Å². The molecular weight excluding hydrogens is 523 g/mol. The number of esters is 1. The van der Waals surface area contributed by atoms with E-state index in [4.69, 9.17) is 27.9 Å². The van der Waals surface area contributed by atoms with Crippen LogP contribution < -0.4 is 10.6 Å². The number of halogens is 2. The molecule has 0 unspecified atom stereocenters. The molecule has 4 rings (SSSR count). The lowest BCUT2D eigenvalue weighted by molar-refractivity contribution is -0.145. The fourth-order valence-electron chi connectivity index (χ4n) is 4.76. The molecule has 1 aliphatic carbocycles. The zero-order valence-electron chi connectivity index (χ0n) is 21.7. The Balaban J connectivity index is 1.46. The fourth-order valence-corrected chi connectivity index (χ4v) is 5.17. The first kappa shape index (κ1) is 28.0. The van der Waals surface area contributed by atoms with Gasteiger partial charge in [0.1, 0.15) is 18.1 Å². The van der Waals surface area contributed by atoms with Crippen molar-refractivity contribution >= 4 is 40.9 Å². The Hall–Kier alpha value is -3.03. The van der Waals surface area contributed by atoms with E-state index in [0.29, 0.717) is 33.9 Å². The summed E-state index contributed by atoms with van der Waals surface area (Å²) in [5.74, 6) is 0.500. The van der Waals surface area contributed by atoms with Crippen molar-refractivity contribution in [3.63, 3.8) is 0 Å². The predicted octanol–water partition coefficient (Wildman–Crippen LogP) is 7.19. The number of aromatic amines is 1. The van der Waals surface area contributed by atoms with Gasteiger partial charge in [-0.3, -0.25) is 9.59 Å². The third-order valence-electron chi connectivity index (χ3n) is 6.68. The van der Waals surface area contributed by atoms with Crippen LogP contribution in [0.5, 0.6) is 0 Å². The number of hydrogen-bond donors (Lipinski definition) is 3. The molecule has 1 saturated carbocycles. The van der Waals surface area contributed by atoms with E-state index in [-0.39, 0.29) is 24.5 Å². The van der Waals surface area contributed by atoms with Gasteiger partial charge in [-0.05, 0) is 62.4 Å². The molecule has 0 radical (unpaired) electrons. The van der Waals surface area contributed by atoms with Gasteiger partial charge >= 0.3 is 5.97 Å². The smallest absolute Gasteiger partial charge is 0.306 e. The van der Waals surface area contributed by atoms with Crippen LogP contribution >= 0.6 is 23.2 Å². The first-order valence-corrected chi connectivity index (χ1v) is 13.9. The summed E-state index contributed by atoms with van der Waals surface area (Å²) in [4.78, 5) is 33.2. The summed E-state index contributed by atoms with van der Waals surface area (Å²) in [6.07, 6.45) is 9.42. The molecule has 1 amide bonds. The highest BCUT2D eigenvalue weighted by molar-refractivity contribution is 6.33. The maximum atomic E-state index is 13.2. The first-order chi connectivity index (χ1) is 18.3. The van der Waals surface area contributed by atoms with Crippen molar-refractivity contribution in [2.24, 2.45) is 5.92 Å². The van der Waals surface area contributed by atoms with Crippen molar-refractivity contribution in [1.29, 1.82) is 0 Å². The molecule has 7 nitrogen and oxygen atoms in total. The zero-order valence-corrected chi connectivity index (χ0v) is 23.2. The lowest BCUT2D eigenvalue weighted by Gasteiger charge is -2.22. The lowest BCUT2D eigenvalue weighted by atomic mass is 9.87. The number of pyridine rings is 1. The van der Waals surface area contributed by atoms with E-state index in [1.807, 2.05) is 32.0 Å². The summed E-state index contributed by atoms with van der Waals surface area (Å²) in [5, 5.41) is 7.26. The van der Waals surface area contributed by atoms with Gasteiger partial charge in [0.2, 0.25) is 0 Å². The van der Waals surface area contributed by atoms with E-state index in [9.17, 15) is 9.59 Å². The van der Waals surface area contributed by atoms with E-state index in [1.54, 1.807) is 30.6 Å². The van der Waals surface area contributed by atoms with Gasteiger partial charge in [-0.1, -0.05) is 54.6 Å². The number of nitrogens with one attached hydrogen (secondary N) is 3. The van der Waals surface area contributed by atoms with Gasteiger partial charge in [-0.15, -0.1) is 0 Å². The second kappa shape index (κ2) is 13.2. The molecular formula is C29H34Cl2N4O3. The number of aromatic nitrogens is 2. The molecule has 1 aliphatic rings. The molecule has 38 heavy (non-hydrogen) atoms. The summed E-state index contributed by atoms with van der Waals surface area (Å²) in [5.41, 5.74) is 2.62. The van der Waals surface area contributed by atoms with Crippen LogP contribution in [-0.2, 0) is 9.53 Å². The van der Waals surface area contributed by atoms with Gasteiger partial charge in [0.15, 0.2) is 0 Å². The van der Waals surface area contributed by atoms with E-state index >= 15 is 0 Å². The Bertz CT molecular complexity index is 1250. The molecule has 0 aliphatic heterocycles. The van der Waals surface area contributed by atoms with Gasteiger partial charge < -0.3 is 20.4 Å². The van der Waals surface area contributed by atoms with Crippen molar-refractivity contribution in [3.05, 3.63) is 70.1 Å². The van der Waals surface area contributed by atoms with Crippen molar-refractivity contribution in [2.45, 2.75) is 64.5 Å². The Morgan fingerprint density at radius 1 is 1.13 bits per heavy atom. The number of carbonyl (C=O) groups is 2. The van der Waals surface area contributed by atoms with Gasteiger partial charge in [-0.2, -0.15) is 0 Å². The van der Waals surface area contributed by atoms with Crippen molar-refractivity contribution in [3.8, 4) is 11.1 Å². The number of benzene rings is 1. The number of nitrogens with zero attached hydrogens (tertiary/aromatic N) is 1. The van der Waals surface area contributed by atoms with Gasteiger partial charge in [0, 0.05) is 41.0 Å². The minimum absolute atomic E-state index is 0.0195. The molecule has 2 heterocycles. The average Bonchev–Trinajstić information content (AvgIpc) is 3.38. The number of anilines is 1. The van der Waals surface area contributed by atoms with Crippen LogP contribution in [0.3, 0.4) is 0 Å². The Morgan fingerprint density at radius 2 is 1.92 bits per heavy atom. The van der Waals surface area contributed by atoms with Gasteiger partial charge in [-0.25, -0.2) is 4.98 Å². The molecule has 0 saturated heterocycles. The van der Waals surface area contributed by atoms with Crippen molar-refractivity contribution in [1.82, 2.24) is 15.3 Å². The molecule has 1 atom stereocenters. The van der Waals surface area contributed by atoms with E-state index < -0.39 is 6.04 Å². The lowest BCUT2D eigenvalue weighted by Crippen LogP contribution is -2.32. The van der Waals surface area contributed by atoms with Crippen LogP contribution in [0.15, 0.2) is 48.8 Å². The molecule has 0 bridgehead atoms. The largest absolute Gasteiger partial charge is 0.463 e. The number of rotatable bonds is 10. The summed E-state index contributed by atoms with van der Waals surface area (Å²) in [7, 11) is 0. The maximum absolute atomic E-state index is 13.2. The SMILES string of the molecule is CC(C)Nc1cc(-c2c[nH]c(C(=O)N[C@H](COC(=O)CC3CCCCC3)c3cccc(Cl)c3)c2)c(Cl)cn1. The van der Waals surface area contributed by atoms with E-state index in [2.05, 4.69) is 20.6 Å². The van der Waals surface area contributed by atoms with Crippen molar-refractivity contribution < 1.29 is 14.3 Å². The average molecular weight is 558 g/mol. The number of carbonyl (C=O) groups excluding carboxylic acids is 2. The summed E-state index contributed by atoms with van der Waals surface area (Å²) < 4.78 is 5.63. The highest BCUT2D eigenvalue weighted by Gasteiger charge is 2.22. The monoisotopic (exact) mass is 556 g/mol. The summed E-state index contributed by atoms with van der Waals surface area (Å²) >= 11 is 12.6. The first-order valence-electron chi connectivity index (χ1n) is 13.1. The van der Waals surface area contributed by atoms with Crippen LogP contribution in [0.4, 0.5) is 5.82 Å². The molecule has 202 valence electrons. The molecule has 9 heteroatoms. The molecule has 3 N–H and O–H groups in total. The van der Waals surface area contributed by atoms with E-state index in [0.717, 1.165) is 42.4 Å². The van der Waals surface area contributed by atoms with Crippen LogP contribution in [0.1, 0.15) is 74.5 Å². The van der Waals surface area contributed by atoms with Gasteiger partial charge in [0.25, 0.3) is 5.91 Å². The molecule has 0 spiro atoms. The third-order valence-corrected chi connectivity index (χ3v) is 7.21. The zero-order chi connectivity index (χ0) is 27.1. The van der Waals surface area contributed by atoms with Crippen LogP contribution in [0, 0.1) is 5.92 Å². The number of ether oxygens (including phenoxy) is 1. The Labute approximate surface area is 233 Å². The number of H-pyrrole nitrogens is 1. The maximum Gasteiger partial charge on any atom is 0.306 e. The second-order valence-electron chi connectivity index (χ2n) is 10.1. The normalized spacial score (nSPS) is 14.8. The van der Waals surface area contributed by atoms with Gasteiger partial charge in [0.05, 0.1) is 11.1 Å². The minimum atomic E-state index is -0.561. The third kappa shape index (κ3) is 7.74. The van der Waals surface area contributed by atoms with Crippen molar-refractivity contribution in [2.75, 3.05) is 11.9 Å². The molecule has 3 aromatic rings. The highest BCUT2D eigenvalue weighted by atomic mass is 35.5. The molecule has 1 aromatic carbocycles. The fraction of sp³-hybridized carbons (Fsp3) is 0.414. The Morgan fingerprint density at radius 3 is 2.66 bits per heavy atom. The molecule has 2 aromatic heterocycles. The van der Waals surface area contributed by atoms with Crippen LogP contribution in [-0.4, -0.2) is 34.5 Å². The number of hydrogen-bond acceptors (Lipinski definition) is 5. The number of amides is 1. The topological polar surface area (TPSA) is 96.1 Å². The minimum Gasteiger partial charge on any atom is -0.463 e. The summed E-state index contributed by atoms with van der Waals surface area (Å²) in [6, 6.07) is 10.4. The highest BCUT2D eigenvalue weighted by Crippen LogP contribution is 2.30. The second-order valence-corrected chi connectivity index (χ2v) is 11.0. The molecule has 1 fully saturated rings. The standard InChI is InChI=1S/C29H34Cl2N4O3/c1-18(2)34-27-14-23(24(31)16-33-27)21-13-25(32-15-21)29(37)35-26(20-9-6-10-22(30)12-20)17-38-28(36)11-19-7-4-3-5-8-19/h6,9-10,12-16,18-19,26,32H,3-5,7-8,11,17H2,1-2H3,(H,33,34)(H,35,37)/t26-/m1/s1. The van der Waals surface area contributed by atoms with Crippen LogP contribution in [0.25, 0.3) is 11.1 Å².